The number of carbonyl (C=O) groups is 3. The van der Waals surface area contributed by atoms with Crippen molar-refractivity contribution in [2.75, 3.05) is 13.2 Å². The molecule has 0 saturated heterocycles. The Morgan fingerprint density at radius 1 is 0.981 bits per heavy atom. The van der Waals surface area contributed by atoms with Crippen LogP contribution in [0, 0.1) is 52.3 Å². The molecule has 1 spiro atoms. The lowest BCUT2D eigenvalue weighted by molar-refractivity contribution is -0.172. The Bertz CT molecular complexity index is 1700. The summed E-state index contributed by atoms with van der Waals surface area (Å²) in [6.07, 6.45) is 35.6. The van der Waals surface area contributed by atoms with Crippen molar-refractivity contribution in [1.82, 2.24) is 0 Å². The first-order chi connectivity index (χ1) is 24.9. The van der Waals surface area contributed by atoms with E-state index in [0.29, 0.717) is 17.6 Å². The number of esters is 1. The van der Waals surface area contributed by atoms with Crippen molar-refractivity contribution in [3.05, 3.63) is 108 Å². The van der Waals surface area contributed by atoms with Gasteiger partial charge in [-0.05, 0) is 72.3 Å². The van der Waals surface area contributed by atoms with Crippen LogP contribution in [0.15, 0.2) is 108 Å². The van der Waals surface area contributed by atoms with Crippen LogP contribution in [0.2, 0.25) is 0 Å². The maximum absolute atomic E-state index is 13.7. The van der Waals surface area contributed by atoms with Crippen molar-refractivity contribution in [3.63, 3.8) is 0 Å². The number of Topliss-reactive ketones (excluding diaryl/α,β-unsaturated/α-hetero) is 2. The van der Waals surface area contributed by atoms with Crippen molar-refractivity contribution in [2.45, 2.75) is 83.8 Å². The van der Waals surface area contributed by atoms with E-state index in [9.17, 15) is 29.7 Å². The lowest BCUT2D eigenvalue weighted by Gasteiger charge is -2.51. The molecule has 0 unspecified atom stereocenters. The topological polar surface area (TPSA) is 121 Å². The van der Waals surface area contributed by atoms with Gasteiger partial charge in [-0.15, -0.1) is 0 Å². The first kappa shape index (κ1) is 38.1. The second kappa shape index (κ2) is 15.0. The summed E-state index contributed by atoms with van der Waals surface area (Å²) < 4.78 is 6.04. The van der Waals surface area contributed by atoms with E-state index in [0.717, 1.165) is 19.3 Å². The maximum Gasteiger partial charge on any atom is 0.330 e. The molecule has 7 nitrogen and oxygen atoms in total. The standard InChI is InChI=1S/C45H56O7/c1-5-6-7-8-9-11-14-17-33-24-34-18-15-12-10-13-16-19-35(47)27-43-25-31(3)45(51)37(40(43)42(43,4)29-52-39(48)21-20-36(33)34)23-32(28-46)26-44(50)38(45)22-30(2)41(44)49/h7-18,20-23,31,33-34,36-38,40,46,50-51H,5-6,19,24-29H2,1-4H3/b8-7+,11-9+,12-10+,16-13-,17-14+,18-15-,21-20-/t31-,33+,34+,36-,37+,38-,40-,42-,43+,44-,45-/m1/s1. The summed E-state index contributed by atoms with van der Waals surface area (Å²) in [6, 6.07) is 0. The highest BCUT2D eigenvalue weighted by atomic mass is 16.5. The van der Waals surface area contributed by atoms with Crippen molar-refractivity contribution in [3.8, 4) is 0 Å². The van der Waals surface area contributed by atoms with Crippen LogP contribution in [0.3, 0.4) is 0 Å². The number of unbranched alkanes of at least 4 members (excludes halogenated alkanes) is 1. The molecule has 7 heteroatoms. The van der Waals surface area contributed by atoms with E-state index in [-0.39, 0.29) is 61.9 Å². The number of fused-ring (bicyclic) bond motifs is 6. The minimum Gasteiger partial charge on any atom is -0.462 e. The Kier molecular flexibility index (Phi) is 11.0. The van der Waals surface area contributed by atoms with Crippen LogP contribution >= 0.6 is 0 Å². The lowest BCUT2D eigenvalue weighted by Crippen LogP contribution is -2.60. The van der Waals surface area contributed by atoms with Gasteiger partial charge >= 0.3 is 5.97 Å². The largest absolute Gasteiger partial charge is 0.462 e. The number of aliphatic hydroxyl groups excluding tert-OH is 1. The molecular formula is C45H56O7. The number of rotatable bonds is 6. The number of ketones is 2. The Morgan fingerprint density at radius 3 is 2.52 bits per heavy atom. The summed E-state index contributed by atoms with van der Waals surface area (Å²) >= 11 is 0. The molecule has 0 amide bonds. The molecular weight excluding hydrogens is 652 g/mol. The molecule has 1 aliphatic heterocycles. The van der Waals surface area contributed by atoms with Crippen molar-refractivity contribution in [2.24, 2.45) is 52.3 Å². The van der Waals surface area contributed by atoms with Crippen LogP contribution in [0.25, 0.3) is 0 Å². The number of hydrogen-bond donors (Lipinski definition) is 3. The van der Waals surface area contributed by atoms with Crippen LogP contribution in [0.4, 0.5) is 0 Å². The van der Waals surface area contributed by atoms with Gasteiger partial charge in [-0.25, -0.2) is 4.79 Å². The van der Waals surface area contributed by atoms with Gasteiger partial charge in [-0.1, -0.05) is 118 Å². The Hall–Kier alpha value is -3.65. The minimum absolute atomic E-state index is 0.0602. The second-order valence-corrected chi connectivity index (χ2v) is 16.5. The highest BCUT2D eigenvalue weighted by Crippen LogP contribution is 2.81. The Morgan fingerprint density at radius 2 is 1.75 bits per heavy atom. The molecule has 0 bridgehead atoms. The number of cyclic esters (lactones) is 1. The van der Waals surface area contributed by atoms with Crippen molar-refractivity contribution in [1.29, 1.82) is 0 Å². The van der Waals surface area contributed by atoms with Gasteiger partial charge in [0.1, 0.15) is 11.4 Å². The third kappa shape index (κ3) is 6.58. The van der Waals surface area contributed by atoms with Crippen LogP contribution in [-0.2, 0) is 19.1 Å². The first-order valence-electron chi connectivity index (χ1n) is 19.2. The Labute approximate surface area is 309 Å². The predicted molar refractivity (Wildman–Crippen MR) is 202 cm³/mol. The summed E-state index contributed by atoms with van der Waals surface area (Å²) in [5.74, 6) is -2.27. The fraction of sp³-hybridized carbons (Fsp3) is 0.533. The SMILES string of the molecule is CCC/C=C/C=C/C=C/[C@H]1C[C@@H]2\C=C/C=C/C=C\CC(=O)C[C@@]34C[C@@H](C)[C@@]5(O)[C@@H](C=C(CO)C[C@]6(O)C(=O)C(C)=C[C@@H]56)[C@@H]3[C@@]4(C)COC(=O)/C=C\[C@@H]21. The van der Waals surface area contributed by atoms with Gasteiger partial charge in [0.25, 0.3) is 0 Å². The van der Waals surface area contributed by atoms with E-state index in [1.54, 1.807) is 13.0 Å². The zero-order valence-corrected chi connectivity index (χ0v) is 31.1. The predicted octanol–water partition coefficient (Wildman–Crippen LogP) is 7.05. The lowest BCUT2D eigenvalue weighted by atomic mass is 9.58. The molecule has 3 N–H and O–H groups in total. The third-order valence-corrected chi connectivity index (χ3v) is 13.5. The zero-order chi connectivity index (χ0) is 37.3. The van der Waals surface area contributed by atoms with E-state index < -0.39 is 51.5 Å². The smallest absolute Gasteiger partial charge is 0.330 e. The molecule has 5 aliphatic carbocycles. The van der Waals surface area contributed by atoms with E-state index in [1.165, 1.54) is 6.08 Å². The van der Waals surface area contributed by atoms with E-state index in [1.807, 2.05) is 68.5 Å². The summed E-state index contributed by atoms with van der Waals surface area (Å²) in [5, 5.41) is 35.1. The summed E-state index contributed by atoms with van der Waals surface area (Å²) in [5.41, 5.74) is -3.74. The average molecular weight is 709 g/mol. The van der Waals surface area contributed by atoms with Gasteiger partial charge in [0.05, 0.1) is 18.8 Å². The van der Waals surface area contributed by atoms with E-state index in [2.05, 4.69) is 37.3 Å². The zero-order valence-electron chi connectivity index (χ0n) is 31.1. The monoisotopic (exact) mass is 708 g/mol. The van der Waals surface area contributed by atoms with Gasteiger partial charge < -0.3 is 20.1 Å². The van der Waals surface area contributed by atoms with Crippen molar-refractivity contribution < 1.29 is 34.4 Å². The molecule has 52 heavy (non-hydrogen) atoms. The summed E-state index contributed by atoms with van der Waals surface area (Å²) in [4.78, 5) is 40.5. The van der Waals surface area contributed by atoms with E-state index in [4.69, 9.17) is 4.74 Å². The van der Waals surface area contributed by atoms with Crippen LogP contribution in [0.1, 0.15) is 72.6 Å². The van der Waals surface area contributed by atoms with Crippen LogP contribution in [-0.4, -0.2) is 57.3 Å². The average Bonchev–Trinajstić information content (AvgIpc) is 3.55. The fourth-order valence-electron chi connectivity index (χ4n) is 10.7. The molecule has 278 valence electrons. The van der Waals surface area contributed by atoms with Gasteiger partial charge in [-0.2, -0.15) is 0 Å². The molecule has 0 aromatic rings. The molecule has 3 saturated carbocycles. The number of carbonyl (C=O) groups excluding carboxylic acids is 3. The molecule has 11 atom stereocenters. The normalized spacial score (nSPS) is 44.4. The number of hydrogen-bond acceptors (Lipinski definition) is 7. The van der Waals surface area contributed by atoms with Crippen LogP contribution in [0.5, 0.6) is 0 Å². The molecule has 0 aromatic heterocycles. The summed E-state index contributed by atoms with van der Waals surface area (Å²) in [7, 11) is 0. The summed E-state index contributed by atoms with van der Waals surface area (Å²) in [6.45, 7) is 7.49. The molecule has 1 heterocycles. The van der Waals surface area contributed by atoms with Gasteiger partial charge in [0.2, 0.25) is 0 Å². The van der Waals surface area contributed by atoms with E-state index >= 15 is 0 Å². The number of aliphatic hydroxyl groups is 3. The minimum atomic E-state index is -1.86. The molecule has 3 fully saturated rings. The second-order valence-electron chi connectivity index (χ2n) is 16.5. The molecule has 0 aromatic carbocycles. The highest BCUT2D eigenvalue weighted by molar-refractivity contribution is 6.04. The number of ether oxygens (including phenoxy) is 1. The fourth-order valence-corrected chi connectivity index (χ4v) is 10.7. The van der Waals surface area contributed by atoms with Gasteiger partial charge in [0, 0.05) is 42.6 Å². The van der Waals surface area contributed by atoms with Gasteiger partial charge in [0.15, 0.2) is 5.78 Å². The molecule has 0 radical (unpaired) electrons. The quantitative estimate of drug-likeness (QED) is 0.154. The van der Waals surface area contributed by atoms with Gasteiger partial charge in [-0.3, -0.25) is 9.59 Å². The van der Waals surface area contributed by atoms with Crippen molar-refractivity contribution >= 4 is 17.5 Å². The number of allylic oxidation sites excluding steroid dienone is 13. The first-order valence-corrected chi connectivity index (χ1v) is 19.2. The molecule has 6 aliphatic rings. The van der Waals surface area contributed by atoms with Crippen LogP contribution < -0.4 is 0 Å². The maximum atomic E-state index is 13.7. The third-order valence-electron chi connectivity index (χ3n) is 13.5. The Balaban J connectivity index is 1.29. The molecule has 6 rings (SSSR count). The highest BCUT2D eigenvalue weighted by Gasteiger charge is 2.82.